The summed E-state index contributed by atoms with van der Waals surface area (Å²) in [5.41, 5.74) is 0.123. The fourth-order valence-corrected chi connectivity index (χ4v) is 4.73. The number of hydrogen-bond donors (Lipinski definition) is 0. The maximum Gasteiger partial charge on any atom is 0.313 e. The molecule has 5 nitrogen and oxygen atoms in total. The minimum absolute atomic E-state index is 0.0658. The van der Waals surface area contributed by atoms with Crippen LogP contribution in [0.4, 0.5) is 5.69 Å². The lowest BCUT2D eigenvalue weighted by Gasteiger charge is -2.23. The van der Waals surface area contributed by atoms with E-state index in [1.807, 2.05) is 68.5 Å². The molecular formula is C22H21NO4. The number of carbonyl (C=O) groups is 2. The third-order valence-electron chi connectivity index (χ3n) is 5.78. The van der Waals surface area contributed by atoms with Crippen LogP contribution in [0, 0.1) is 11.8 Å². The highest BCUT2D eigenvalue weighted by Crippen LogP contribution is 2.53. The van der Waals surface area contributed by atoms with Crippen molar-refractivity contribution in [2.24, 2.45) is 11.8 Å². The molecule has 4 atom stereocenters. The highest BCUT2D eigenvalue weighted by molar-refractivity contribution is 6.08. The summed E-state index contributed by atoms with van der Waals surface area (Å²) in [7, 11) is 0. The summed E-state index contributed by atoms with van der Waals surface area (Å²) in [5.74, 6) is -1.52. The van der Waals surface area contributed by atoms with E-state index in [9.17, 15) is 9.59 Å². The maximum absolute atomic E-state index is 13.4. The van der Waals surface area contributed by atoms with Crippen LogP contribution in [0.1, 0.15) is 13.8 Å². The molecule has 1 amide bonds. The fourth-order valence-electron chi connectivity index (χ4n) is 4.73. The lowest BCUT2D eigenvalue weighted by atomic mass is 9.77. The molecule has 0 N–H and O–H groups in total. The van der Waals surface area contributed by atoms with E-state index in [1.165, 1.54) is 0 Å². The minimum atomic E-state index is -0.737. The molecule has 2 aromatic carbocycles. The molecule has 1 spiro atoms. The molecule has 5 rings (SSSR count). The van der Waals surface area contributed by atoms with Gasteiger partial charge in [-0.2, -0.15) is 0 Å². The van der Waals surface area contributed by atoms with Crippen LogP contribution in [0.3, 0.4) is 0 Å². The average Bonchev–Trinajstić information content (AvgIpc) is 3.29. The Morgan fingerprint density at radius 3 is 2.81 bits per heavy atom. The smallest absolute Gasteiger partial charge is 0.313 e. The first-order valence-corrected chi connectivity index (χ1v) is 9.37. The van der Waals surface area contributed by atoms with Crippen LogP contribution >= 0.6 is 0 Å². The topological polar surface area (TPSA) is 55.8 Å². The molecule has 3 aliphatic heterocycles. The van der Waals surface area contributed by atoms with Crippen molar-refractivity contribution < 1.29 is 19.1 Å². The Morgan fingerprint density at radius 1 is 1.22 bits per heavy atom. The van der Waals surface area contributed by atoms with Gasteiger partial charge in [0.1, 0.15) is 11.5 Å². The molecular weight excluding hydrogens is 342 g/mol. The van der Waals surface area contributed by atoms with Crippen LogP contribution < -0.4 is 4.90 Å². The highest BCUT2D eigenvalue weighted by Gasteiger charge is 2.67. The molecule has 0 aliphatic carbocycles. The Hall–Kier alpha value is -2.66. The van der Waals surface area contributed by atoms with Crippen molar-refractivity contribution in [1.29, 1.82) is 0 Å². The molecule has 0 unspecified atom stereocenters. The number of hydrogen-bond acceptors (Lipinski definition) is 4. The van der Waals surface area contributed by atoms with Gasteiger partial charge in [-0.15, -0.1) is 0 Å². The number of fused-ring (bicyclic) bond motifs is 2. The van der Waals surface area contributed by atoms with Gasteiger partial charge in [-0.25, -0.2) is 0 Å². The number of anilines is 1. The zero-order chi connectivity index (χ0) is 18.8. The Kier molecular flexibility index (Phi) is 3.46. The van der Waals surface area contributed by atoms with Crippen molar-refractivity contribution in [1.82, 2.24) is 0 Å². The number of rotatable bonds is 3. The SMILES string of the molecule is CC(C)OC(=O)[C@@H]1[C@@H]2C=C[C@@]3(CN(c4cccc5ccccc45)C(=O)[C@H]13)O2. The summed E-state index contributed by atoms with van der Waals surface area (Å²) in [6, 6.07) is 13.9. The second-order valence-corrected chi connectivity index (χ2v) is 7.81. The zero-order valence-electron chi connectivity index (χ0n) is 15.3. The van der Waals surface area contributed by atoms with Gasteiger partial charge in [0.2, 0.25) is 5.91 Å². The van der Waals surface area contributed by atoms with E-state index in [1.54, 1.807) is 4.90 Å². The third kappa shape index (κ3) is 2.28. The van der Waals surface area contributed by atoms with E-state index in [0.29, 0.717) is 6.54 Å². The molecule has 138 valence electrons. The molecule has 27 heavy (non-hydrogen) atoms. The zero-order valence-corrected chi connectivity index (χ0v) is 15.3. The Labute approximate surface area is 157 Å². The number of amides is 1. The number of nitrogens with zero attached hydrogens (tertiary/aromatic N) is 1. The monoisotopic (exact) mass is 363 g/mol. The number of ether oxygens (including phenoxy) is 2. The summed E-state index contributed by atoms with van der Waals surface area (Å²) in [5, 5.41) is 2.10. The van der Waals surface area contributed by atoms with Gasteiger partial charge in [-0.3, -0.25) is 9.59 Å². The number of benzene rings is 2. The first-order chi connectivity index (χ1) is 13.0. The summed E-state index contributed by atoms with van der Waals surface area (Å²) in [4.78, 5) is 27.9. The van der Waals surface area contributed by atoms with E-state index in [4.69, 9.17) is 9.47 Å². The van der Waals surface area contributed by atoms with Gasteiger partial charge in [0, 0.05) is 5.39 Å². The Bertz CT molecular complexity index is 976. The molecule has 3 aliphatic rings. The van der Waals surface area contributed by atoms with Gasteiger partial charge in [-0.05, 0) is 25.3 Å². The van der Waals surface area contributed by atoms with Crippen LogP contribution in [-0.2, 0) is 19.1 Å². The van der Waals surface area contributed by atoms with E-state index < -0.39 is 17.4 Å². The normalized spacial score (nSPS) is 31.1. The molecule has 0 aromatic heterocycles. The molecule has 2 aromatic rings. The lowest BCUT2D eigenvalue weighted by molar-refractivity contribution is -0.156. The third-order valence-corrected chi connectivity index (χ3v) is 5.78. The predicted octanol–water partition coefficient (Wildman–Crippen LogP) is 3.08. The maximum atomic E-state index is 13.4. The van der Waals surface area contributed by atoms with E-state index >= 15 is 0 Å². The van der Waals surface area contributed by atoms with Crippen LogP contribution in [-0.4, -0.2) is 36.2 Å². The van der Waals surface area contributed by atoms with E-state index in [2.05, 4.69) is 0 Å². The van der Waals surface area contributed by atoms with Gasteiger partial charge in [0.25, 0.3) is 0 Å². The largest absolute Gasteiger partial charge is 0.463 e. The van der Waals surface area contributed by atoms with Crippen molar-refractivity contribution in [2.45, 2.75) is 31.7 Å². The molecule has 3 heterocycles. The van der Waals surface area contributed by atoms with Crippen LogP contribution in [0.15, 0.2) is 54.6 Å². The second-order valence-electron chi connectivity index (χ2n) is 7.81. The fraction of sp³-hybridized carbons (Fsp3) is 0.364. The molecule has 2 saturated heterocycles. The Balaban J connectivity index is 1.55. The van der Waals surface area contributed by atoms with Crippen LogP contribution in [0.2, 0.25) is 0 Å². The van der Waals surface area contributed by atoms with Crippen LogP contribution in [0.5, 0.6) is 0 Å². The van der Waals surface area contributed by atoms with Crippen molar-refractivity contribution >= 4 is 28.3 Å². The summed E-state index contributed by atoms with van der Waals surface area (Å²) >= 11 is 0. The lowest BCUT2D eigenvalue weighted by Crippen LogP contribution is -2.40. The minimum Gasteiger partial charge on any atom is -0.463 e. The van der Waals surface area contributed by atoms with Gasteiger partial charge < -0.3 is 14.4 Å². The predicted molar refractivity (Wildman–Crippen MR) is 101 cm³/mol. The molecule has 0 radical (unpaired) electrons. The Morgan fingerprint density at radius 2 is 2.00 bits per heavy atom. The first-order valence-electron chi connectivity index (χ1n) is 9.37. The van der Waals surface area contributed by atoms with Gasteiger partial charge >= 0.3 is 5.97 Å². The van der Waals surface area contributed by atoms with Crippen molar-refractivity contribution in [3.63, 3.8) is 0 Å². The van der Waals surface area contributed by atoms with Crippen molar-refractivity contribution in [3.05, 3.63) is 54.6 Å². The van der Waals surface area contributed by atoms with Gasteiger partial charge in [0.15, 0.2) is 0 Å². The van der Waals surface area contributed by atoms with E-state index in [0.717, 1.165) is 16.5 Å². The summed E-state index contributed by atoms with van der Waals surface area (Å²) < 4.78 is 11.6. The van der Waals surface area contributed by atoms with Crippen molar-refractivity contribution in [3.8, 4) is 0 Å². The van der Waals surface area contributed by atoms with E-state index in [-0.39, 0.29) is 24.1 Å². The second kappa shape index (κ2) is 5.67. The summed E-state index contributed by atoms with van der Waals surface area (Å²) in [6.07, 6.45) is 3.27. The molecule has 2 fully saturated rings. The number of carbonyl (C=O) groups excluding carboxylic acids is 2. The first kappa shape index (κ1) is 16.5. The number of esters is 1. The molecule has 5 heteroatoms. The van der Waals surface area contributed by atoms with Crippen molar-refractivity contribution in [2.75, 3.05) is 11.4 Å². The quantitative estimate of drug-likeness (QED) is 0.621. The highest BCUT2D eigenvalue weighted by atomic mass is 16.6. The van der Waals surface area contributed by atoms with Gasteiger partial charge in [0.05, 0.1) is 30.4 Å². The molecule has 2 bridgehead atoms. The average molecular weight is 363 g/mol. The van der Waals surface area contributed by atoms with Crippen LogP contribution in [0.25, 0.3) is 10.8 Å². The summed E-state index contributed by atoms with van der Waals surface area (Å²) in [6.45, 7) is 4.05. The standard InChI is InChI=1S/C22H21NO4/c1-13(2)26-21(25)18-17-10-11-22(27-17)12-23(20(24)19(18)22)16-9-5-7-14-6-3-4-8-15(14)16/h3-11,13,17-19H,12H2,1-2H3/t17-,18+,19-,22-/m0/s1. The van der Waals surface area contributed by atoms with Gasteiger partial charge in [-0.1, -0.05) is 48.6 Å². The molecule has 0 saturated carbocycles.